The lowest BCUT2D eigenvalue weighted by Crippen LogP contribution is -2.28. The molecule has 0 bridgehead atoms. The number of thiophene rings is 1. The van der Waals surface area contributed by atoms with Gasteiger partial charge in [0.05, 0.1) is 16.3 Å². The third kappa shape index (κ3) is 1.95. The lowest BCUT2D eigenvalue weighted by molar-refractivity contribution is -0.122. The van der Waals surface area contributed by atoms with E-state index in [2.05, 4.69) is 15.5 Å². The van der Waals surface area contributed by atoms with Crippen LogP contribution in [-0.4, -0.2) is 16.1 Å². The highest BCUT2D eigenvalue weighted by atomic mass is 32.1. The van der Waals surface area contributed by atoms with Gasteiger partial charge < -0.3 is 5.32 Å². The number of aromatic amines is 1. The molecule has 4 nitrogen and oxygen atoms in total. The van der Waals surface area contributed by atoms with Crippen LogP contribution < -0.4 is 5.32 Å². The summed E-state index contributed by atoms with van der Waals surface area (Å²) in [6, 6.07) is 4.00. The maximum absolute atomic E-state index is 12.0. The number of amides is 1. The van der Waals surface area contributed by atoms with Crippen molar-refractivity contribution in [2.45, 2.75) is 26.2 Å². The Balaban J connectivity index is 1.86. The quantitative estimate of drug-likeness (QED) is 0.891. The van der Waals surface area contributed by atoms with E-state index in [-0.39, 0.29) is 11.8 Å². The van der Waals surface area contributed by atoms with Crippen LogP contribution in [0.5, 0.6) is 0 Å². The van der Waals surface area contributed by atoms with E-state index in [0.717, 1.165) is 34.8 Å². The molecule has 0 spiro atoms. The second kappa shape index (κ2) is 4.57. The second-order valence-corrected chi connectivity index (χ2v) is 5.61. The average molecular weight is 261 g/mol. The van der Waals surface area contributed by atoms with Gasteiger partial charge in [-0.3, -0.25) is 9.89 Å². The molecule has 1 aliphatic rings. The van der Waals surface area contributed by atoms with Crippen LogP contribution in [0.4, 0.5) is 5.69 Å². The molecule has 2 N–H and O–H groups in total. The van der Waals surface area contributed by atoms with Crippen molar-refractivity contribution in [3.05, 3.63) is 23.2 Å². The third-order valence-electron chi connectivity index (χ3n) is 3.43. The minimum Gasteiger partial charge on any atom is -0.322 e. The Morgan fingerprint density at radius 2 is 2.39 bits per heavy atom. The van der Waals surface area contributed by atoms with Gasteiger partial charge in [0.15, 0.2) is 0 Å². The van der Waals surface area contributed by atoms with Crippen molar-refractivity contribution in [2.24, 2.45) is 5.92 Å². The minimum absolute atomic E-state index is 0.128. The van der Waals surface area contributed by atoms with Crippen LogP contribution in [-0.2, 0) is 4.79 Å². The standard InChI is InChI=1S/C13H15N3OS/c1-8-11(14-13(17)9-4-2-5-9)12(16-15-8)10-6-3-7-18-10/h3,6-7,9H,2,4-5H2,1H3,(H,14,17)(H,15,16). The van der Waals surface area contributed by atoms with Crippen molar-refractivity contribution < 1.29 is 4.79 Å². The van der Waals surface area contributed by atoms with E-state index >= 15 is 0 Å². The highest BCUT2D eigenvalue weighted by Gasteiger charge is 2.27. The molecule has 1 aliphatic carbocycles. The molecule has 18 heavy (non-hydrogen) atoms. The van der Waals surface area contributed by atoms with E-state index < -0.39 is 0 Å². The molecule has 0 atom stereocenters. The zero-order chi connectivity index (χ0) is 12.5. The van der Waals surface area contributed by atoms with Crippen LogP contribution in [0.3, 0.4) is 0 Å². The second-order valence-electron chi connectivity index (χ2n) is 4.67. The maximum atomic E-state index is 12.0. The molecule has 2 aromatic heterocycles. The summed E-state index contributed by atoms with van der Waals surface area (Å²) < 4.78 is 0. The van der Waals surface area contributed by atoms with Crippen LogP contribution in [0.15, 0.2) is 17.5 Å². The molecule has 2 heterocycles. The maximum Gasteiger partial charge on any atom is 0.227 e. The molecule has 2 aromatic rings. The molecule has 1 amide bonds. The molecule has 0 aliphatic heterocycles. The smallest absolute Gasteiger partial charge is 0.227 e. The van der Waals surface area contributed by atoms with E-state index in [1.165, 1.54) is 6.42 Å². The van der Waals surface area contributed by atoms with Crippen molar-refractivity contribution >= 4 is 22.9 Å². The van der Waals surface area contributed by atoms with Gasteiger partial charge in [-0.25, -0.2) is 0 Å². The van der Waals surface area contributed by atoms with Crippen LogP contribution in [0, 0.1) is 12.8 Å². The zero-order valence-electron chi connectivity index (χ0n) is 10.2. The normalized spacial score (nSPS) is 15.4. The van der Waals surface area contributed by atoms with Crippen LogP contribution in [0.2, 0.25) is 0 Å². The summed E-state index contributed by atoms with van der Waals surface area (Å²) in [6.45, 7) is 1.93. The first-order valence-corrected chi connectivity index (χ1v) is 7.03. The number of rotatable bonds is 3. The lowest BCUT2D eigenvalue weighted by atomic mass is 9.85. The Kier molecular flexibility index (Phi) is 2.91. The molecule has 5 heteroatoms. The number of H-pyrrole nitrogens is 1. The number of carbonyl (C=O) groups excluding carboxylic acids is 1. The van der Waals surface area contributed by atoms with Gasteiger partial charge in [-0.05, 0) is 31.2 Å². The lowest BCUT2D eigenvalue weighted by Gasteiger charge is -2.24. The first-order chi connectivity index (χ1) is 8.75. The highest BCUT2D eigenvalue weighted by molar-refractivity contribution is 7.13. The average Bonchev–Trinajstić information content (AvgIpc) is 2.87. The summed E-state index contributed by atoms with van der Waals surface area (Å²) in [5.41, 5.74) is 2.58. The van der Waals surface area contributed by atoms with E-state index in [1.54, 1.807) is 11.3 Å². The molecular formula is C13H15N3OS. The summed E-state index contributed by atoms with van der Waals surface area (Å²) in [5.74, 6) is 0.319. The summed E-state index contributed by atoms with van der Waals surface area (Å²) in [5, 5.41) is 12.3. The third-order valence-corrected chi connectivity index (χ3v) is 4.30. The SMILES string of the molecule is Cc1[nH]nc(-c2cccs2)c1NC(=O)C1CCC1. The largest absolute Gasteiger partial charge is 0.322 e. The molecule has 0 saturated heterocycles. The first-order valence-electron chi connectivity index (χ1n) is 6.15. The number of hydrogen-bond donors (Lipinski definition) is 2. The molecular weight excluding hydrogens is 246 g/mol. The molecule has 0 aromatic carbocycles. The van der Waals surface area contributed by atoms with Crippen molar-refractivity contribution in [2.75, 3.05) is 5.32 Å². The van der Waals surface area contributed by atoms with E-state index in [4.69, 9.17) is 0 Å². The first kappa shape index (κ1) is 11.5. The Hall–Kier alpha value is -1.62. The Bertz CT molecular complexity index is 555. The summed E-state index contributed by atoms with van der Waals surface area (Å²) in [6.07, 6.45) is 3.19. The Labute approximate surface area is 109 Å². The van der Waals surface area contributed by atoms with Crippen LogP contribution in [0.25, 0.3) is 10.6 Å². The topological polar surface area (TPSA) is 57.8 Å². The molecule has 0 unspecified atom stereocenters. The summed E-state index contributed by atoms with van der Waals surface area (Å²) >= 11 is 1.62. The molecule has 3 rings (SSSR count). The fourth-order valence-corrected chi connectivity index (χ4v) is 2.79. The zero-order valence-corrected chi connectivity index (χ0v) is 11.0. The fraction of sp³-hybridized carbons (Fsp3) is 0.385. The number of aromatic nitrogens is 2. The van der Waals surface area contributed by atoms with Crippen molar-refractivity contribution in [1.82, 2.24) is 10.2 Å². The predicted octanol–water partition coefficient (Wildman–Crippen LogP) is 3.19. The fourth-order valence-electron chi connectivity index (χ4n) is 2.07. The van der Waals surface area contributed by atoms with E-state index in [1.807, 2.05) is 24.4 Å². The van der Waals surface area contributed by atoms with Crippen LogP contribution in [0.1, 0.15) is 25.0 Å². The van der Waals surface area contributed by atoms with Gasteiger partial charge in [0.2, 0.25) is 5.91 Å². The van der Waals surface area contributed by atoms with E-state index in [0.29, 0.717) is 0 Å². The van der Waals surface area contributed by atoms with Gasteiger partial charge >= 0.3 is 0 Å². The van der Waals surface area contributed by atoms with Gasteiger partial charge in [-0.1, -0.05) is 12.5 Å². The van der Waals surface area contributed by atoms with Gasteiger partial charge in [0.25, 0.3) is 0 Å². The molecule has 94 valence electrons. The molecule has 1 fully saturated rings. The van der Waals surface area contributed by atoms with Crippen molar-refractivity contribution in [3.63, 3.8) is 0 Å². The highest BCUT2D eigenvalue weighted by Crippen LogP contribution is 2.33. The molecule has 1 saturated carbocycles. The number of anilines is 1. The van der Waals surface area contributed by atoms with Gasteiger partial charge in [0, 0.05) is 5.92 Å². The Morgan fingerprint density at radius 3 is 3.00 bits per heavy atom. The number of nitrogens with one attached hydrogen (secondary N) is 2. The minimum atomic E-state index is 0.128. The Morgan fingerprint density at radius 1 is 1.56 bits per heavy atom. The number of nitrogens with zero attached hydrogens (tertiary/aromatic N) is 1. The number of carbonyl (C=O) groups is 1. The number of aryl methyl sites for hydroxylation is 1. The summed E-state index contributed by atoms with van der Waals surface area (Å²) in [7, 11) is 0. The van der Waals surface area contributed by atoms with Crippen LogP contribution >= 0.6 is 11.3 Å². The van der Waals surface area contributed by atoms with Gasteiger partial charge in [-0.15, -0.1) is 11.3 Å². The van der Waals surface area contributed by atoms with Gasteiger partial charge in [0.1, 0.15) is 5.69 Å². The molecule has 0 radical (unpaired) electrons. The monoisotopic (exact) mass is 261 g/mol. The summed E-state index contributed by atoms with van der Waals surface area (Å²) in [4.78, 5) is 13.1. The predicted molar refractivity (Wildman–Crippen MR) is 72.6 cm³/mol. The van der Waals surface area contributed by atoms with Crippen molar-refractivity contribution in [1.29, 1.82) is 0 Å². The van der Waals surface area contributed by atoms with Gasteiger partial charge in [-0.2, -0.15) is 5.10 Å². The van der Waals surface area contributed by atoms with Crippen molar-refractivity contribution in [3.8, 4) is 10.6 Å². The number of hydrogen-bond acceptors (Lipinski definition) is 3. The van der Waals surface area contributed by atoms with E-state index in [9.17, 15) is 4.79 Å².